The van der Waals surface area contributed by atoms with Gasteiger partial charge in [-0.1, -0.05) is 71.9 Å². The highest BCUT2D eigenvalue weighted by Crippen LogP contribution is 2.26. The molecule has 0 unspecified atom stereocenters. The molecule has 6 heteroatoms. The van der Waals surface area contributed by atoms with Gasteiger partial charge in [0.15, 0.2) is 0 Å². The van der Waals surface area contributed by atoms with Crippen LogP contribution in [0.4, 0.5) is 0 Å². The van der Waals surface area contributed by atoms with Crippen LogP contribution in [0, 0.1) is 6.92 Å². The van der Waals surface area contributed by atoms with E-state index in [0.29, 0.717) is 22.2 Å². The van der Waals surface area contributed by atoms with Gasteiger partial charge in [-0.2, -0.15) is 0 Å². The molecule has 30 heavy (non-hydrogen) atoms. The Labute approximate surface area is 188 Å². The van der Waals surface area contributed by atoms with Crippen LogP contribution in [-0.4, -0.2) is 28.8 Å². The Morgan fingerprint density at radius 3 is 2.27 bits per heavy atom. The molecule has 0 radical (unpaired) electrons. The monoisotopic (exact) mass is 446 g/mol. The van der Waals surface area contributed by atoms with Crippen molar-refractivity contribution >= 4 is 35.0 Å². The molecular formula is C24H28Cl2N2O2. The zero-order chi connectivity index (χ0) is 21.7. The van der Waals surface area contributed by atoms with Crippen molar-refractivity contribution in [2.75, 3.05) is 0 Å². The van der Waals surface area contributed by atoms with E-state index in [4.69, 9.17) is 23.2 Å². The van der Waals surface area contributed by atoms with Crippen LogP contribution in [0.3, 0.4) is 0 Å². The lowest BCUT2D eigenvalue weighted by atomic mass is 10.1. The first-order valence-corrected chi connectivity index (χ1v) is 11.2. The number of hydrogen-bond acceptors (Lipinski definition) is 2. The van der Waals surface area contributed by atoms with Gasteiger partial charge in [-0.15, -0.1) is 0 Å². The molecule has 1 saturated carbocycles. The van der Waals surface area contributed by atoms with Gasteiger partial charge in [-0.05, 0) is 49.9 Å². The summed E-state index contributed by atoms with van der Waals surface area (Å²) >= 11 is 12.6. The van der Waals surface area contributed by atoms with E-state index in [1.54, 1.807) is 30.0 Å². The molecule has 0 bridgehead atoms. The van der Waals surface area contributed by atoms with E-state index in [1.807, 2.05) is 31.2 Å². The number of hydrogen-bond donors (Lipinski definition) is 1. The average molecular weight is 447 g/mol. The average Bonchev–Trinajstić information content (AvgIpc) is 3.22. The van der Waals surface area contributed by atoms with Crippen molar-refractivity contribution < 1.29 is 9.59 Å². The minimum atomic E-state index is -0.597. The van der Waals surface area contributed by atoms with Crippen molar-refractivity contribution in [1.29, 1.82) is 0 Å². The van der Waals surface area contributed by atoms with Crippen molar-refractivity contribution in [3.63, 3.8) is 0 Å². The lowest BCUT2D eigenvalue weighted by molar-refractivity contribution is -0.140. The highest BCUT2D eigenvalue weighted by Gasteiger charge is 2.29. The van der Waals surface area contributed by atoms with Crippen molar-refractivity contribution in [2.24, 2.45) is 0 Å². The molecule has 1 fully saturated rings. The second-order valence-electron chi connectivity index (χ2n) is 8.05. The normalized spacial score (nSPS) is 15.1. The molecular weight excluding hydrogens is 419 g/mol. The summed E-state index contributed by atoms with van der Waals surface area (Å²) in [6.07, 6.45) is 4.32. The molecule has 0 spiro atoms. The van der Waals surface area contributed by atoms with Crippen molar-refractivity contribution in [1.82, 2.24) is 10.2 Å². The number of aryl methyl sites for hydroxylation is 1. The second-order valence-corrected chi connectivity index (χ2v) is 8.86. The van der Waals surface area contributed by atoms with Crippen LogP contribution in [0.25, 0.3) is 0 Å². The summed E-state index contributed by atoms with van der Waals surface area (Å²) in [5, 5.41) is 4.02. The molecule has 160 valence electrons. The molecule has 1 aliphatic rings. The maximum Gasteiger partial charge on any atom is 0.242 e. The molecule has 0 saturated heterocycles. The van der Waals surface area contributed by atoms with Crippen LogP contribution in [0.2, 0.25) is 10.0 Å². The van der Waals surface area contributed by atoms with Crippen LogP contribution in [0.15, 0.2) is 42.5 Å². The molecule has 1 N–H and O–H groups in total. The summed E-state index contributed by atoms with van der Waals surface area (Å²) in [4.78, 5) is 27.8. The lowest BCUT2D eigenvalue weighted by Crippen LogP contribution is -2.50. The van der Waals surface area contributed by atoms with Crippen LogP contribution < -0.4 is 5.32 Å². The largest absolute Gasteiger partial charge is 0.352 e. The number of rotatable bonds is 7. The van der Waals surface area contributed by atoms with Gasteiger partial charge in [0.25, 0.3) is 0 Å². The van der Waals surface area contributed by atoms with E-state index in [0.717, 1.165) is 36.8 Å². The molecule has 0 heterocycles. The summed E-state index contributed by atoms with van der Waals surface area (Å²) in [5.74, 6) is -0.299. The Morgan fingerprint density at radius 1 is 1.07 bits per heavy atom. The maximum atomic E-state index is 13.3. The number of amides is 2. The Balaban J connectivity index is 1.80. The van der Waals surface area contributed by atoms with Crippen molar-refractivity contribution in [3.8, 4) is 0 Å². The van der Waals surface area contributed by atoms with Crippen LogP contribution in [0.1, 0.15) is 49.3 Å². The van der Waals surface area contributed by atoms with Gasteiger partial charge in [0.1, 0.15) is 6.04 Å². The van der Waals surface area contributed by atoms with Crippen molar-refractivity contribution in [2.45, 2.75) is 64.6 Å². The summed E-state index contributed by atoms with van der Waals surface area (Å²) < 4.78 is 0. The van der Waals surface area contributed by atoms with E-state index in [9.17, 15) is 9.59 Å². The zero-order valence-electron chi connectivity index (χ0n) is 17.5. The molecule has 2 aromatic carbocycles. The Morgan fingerprint density at radius 2 is 1.67 bits per heavy atom. The fourth-order valence-electron chi connectivity index (χ4n) is 3.82. The van der Waals surface area contributed by atoms with E-state index in [2.05, 4.69) is 5.32 Å². The second kappa shape index (κ2) is 10.3. The van der Waals surface area contributed by atoms with Gasteiger partial charge in [0, 0.05) is 22.6 Å². The predicted octanol–water partition coefficient (Wildman–Crippen LogP) is 5.32. The number of carbonyl (C=O) groups excluding carboxylic acids is 2. The third kappa shape index (κ3) is 5.77. The maximum absolute atomic E-state index is 13.3. The quantitative estimate of drug-likeness (QED) is 0.625. The zero-order valence-corrected chi connectivity index (χ0v) is 19.0. The molecule has 1 atom stereocenters. The highest BCUT2D eigenvalue weighted by atomic mass is 35.5. The first-order valence-electron chi connectivity index (χ1n) is 10.4. The molecule has 1 aliphatic carbocycles. The summed E-state index contributed by atoms with van der Waals surface area (Å²) in [7, 11) is 0. The van der Waals surface area contributed by atoms with E-state index >= 15 is 0 Å². The van der Waals surface area contributed by atoms with Crippen LogP contribution in [-0.2, 0) is 22.6 Å². The van der Waals surface area contributed by atoms with Gasteiger partial charge >= 0.3 is 0 Å². The lowest BCUT2D eigenvalue weighted by Gasteiger charge is -2.30. The Bertz CT molecular complexity index is 872. The smallest absolute Gasteiger partial charge is 0.242 e. The fourth-order valence-corrected chi connectivity index (χ4v) is 4.35. The first-order chi connectivity index (χ1) is 14.3. The third-order valence-electron chi connectivity index (χ3n) is 5.73. The fraction of sp³-hybridized carbons (Fsp3) is 0.417. The first kappa shape index (κ1) is 22.6. The molecule has 3 rings (SSSR count). The van der Waals surface area contributed by atoms with E-state index in [-0.39, 0.29) is 24.3 Å². The van der Waals surface area contributed by atoms with Crippen LogP contribution in [0.5, 0.6) is 0 Å². The van der Waals surface area contributed by atoms with Gasteiger partial charge in [0.2, 0.25) is 11.8 Å². The van der Waals surface area contributed by atoms with E-state index < -0.39 is 6.04 Å². The standard InChI is InChI=1S/C24H28Cl2N2O2/c1-16-10-12-18(13-11-16)15-28(17(2)24(30)27-19-6-3-4-7-19)23(29)14-20-21(25)8-5-9-22(20)26/h5,8-13,17,19H,3-4,6-7,14-15H2,1-2H3,(H,27,30)/t17-/m0/s1. The molecule has 2 amide bonds. The van der Waals surface area contributed by atoms with E-state index in [1.165, 1.54) is 0 Å². The van der Waals surface area contributed by atoms with Gasteiger partial charge in [-0.25, -0.2) is 0 Å². The molecule has 2 aromatic rings. The summed E-state index contributed by atoms with van der Waals surface area (Å²) in [5.41, 5.74) is 2.70. The minimum Gasteiger partial charge on any atom is -0.352 e. The van der Waals surface area contributed by atoms with Crippen LogP contribution >= 0.6 is 23.2 Å². The summed E-state index contributed by atoms with van der Waals surface area (Å²) in [6.45, 7) is 4.15. The number of nitrogens with one attached hydrogen (secondary N) is 1. The molecule has 0 aromatic heterocycles. The highest BCUT2D eigenvalue weighted by molar-refractivity contribution is 6.36. The Kier molecular flexibility index (Phi) is 7.79. The number of halogens is 2. The number of carbonyl (C=O) groups is 2. The number of nitrogens with zero attached hydrogens (tertiary/aromatic N) is 1. The van der Waals surface area contributed by atoms with Gasteiger partial charge in [0.05, 0.1) is 6.42 Å². The van der Waals surface area contributed by atoms with Crippen molar-refractivity contribution in [3.05, 3.63) is 69.2 Å². The predicted molar refractivity (Wildman–Crippen MR) is 122 cm³/mol. The molecule has 0 aliphatic heterocycles. The topological polar surface area (TPSA) is 49.4 Å². The SMILES string of the molecule is Cc1ccc(CN(C(=O)Cc2c(Cl)cccc2Cl)[C@@H](C)C(=O)NC2CCCC2)cc1. The minimum absolute atomic E-state index is 0.0470. The van der Waals surface area contributed by atoms with Gasteiger partial charge in [-0.3, -0.25) is 9.59 Å². The number of benzene rings is 2. The molecule has 4 nitrogen and oxygen atoms in total. The van der Waals surface area contributed by atoms with Gasteiger partial charge < -0.3 is 10.2 Å². The summed E-state index contributed by atoms with van der Waals surface area (Å²) in [6, 6.07) is 12.8. The third-order valence-corrected chi connectivity index (χ3v) is 6.44. The Hall–Kier alpha value is -2.04.